The van der Waals surface area contributed by atoms with E-state index in [2.05, 4.69) is 4.99 Å². The molecular formula is C23H27N3O5S2. The number of esters is 1. The number of amides is 1. The Morgan fingerprint density at radius 1 is 1.12 bits per heavy atom. The van der Waals surface area contributed by atoms with Gasteiger partial charge in [0.15, 0.2) is 4.80 Å². The van der Waals surface area contributed by atoms with Crippen molar-refractivity contribution in [3.8, 4) is 0 Å². The molecule has 3 rings (SSSR count). The summed E-state index contributed by atoms with van der Waals surface area (Å²) in [6.07, 6.45) is 0. The number of hydrogen-bond donors (Lipinski definition) is 0. The quantitative estimate of drug-likeness (QED) is 0.495. The number of sulfonamides is 1. The third-order valence-corrected chi connectivity index (χ3v) is 8.60. The number of carbonyl (C=O) groups is 2. The molecule has 8 nitrogen and oxygen atoms in total. The van der Waals surface area contributed by atoms with E-state index in [0.29, 0.717) is 4.80 Å². The average Bonchev–Trinajstić information content (AvgIpc) is 3.08. The summed E-state index contributed by atoms with van der Waals surface area (Å²) in [6.45, 7) is 7.46. The van der Waals surface area contributed by atoms with Crippen molar-refractivity contribution in [3.63, 3.8) is 0 Å². The van der Waals surface area contributed by atoms with Crippen molar-refractivity contribution in [3.05, 3.63) is 57.9 Å². The van der Waals surface area contributed by atoms with Crippen LogP contribution in [0.5, 0.6) is 0 Å². The molecule has 2 aromatic carbocycles. The molecule has 0 fully saturated rings. The number of fused-ring (bicyclic) bond motifs is 1. The molecule has 0 radical (unpaired) electrons. The Labute approximate surface area is 197 Å². The summed E-state index contributed by atoms with van der Waals surface area (Å²) in [5.74, 6) is -0.986. The highest BCUT2D eigenvalue weighted by molar-refractivity contribution is 7.89. The number of aryl methyl sites for hydroxylation is 2. The summed E-state index contributed by atoms with van der Waals surface area (Å²) in [4.78, 5) is 29.6. The van der Waals surface area contributed by atoms with Gasteiger partial charge in [-0.25, -0.2) is 8.42 Å². The molecule has 0 aliphatic heterocycles. The number of ether oxygens (including phenoxy) is 1. The van der Waals surface area contributed by atoms with E-state index in [-0.39, 0.29) is 23.0 Å². The van der Waals surface area contributed by atoms with Crippen molar-refractivity contribution in [2.75, 3.05) is 14.2 Å². The summed E-state index contributed by atoms with van der Waals surface area (Å²) in [7, 11) is -0.830. The Balaban J connectivity index is 2.04. The third-order valence-electron chi connectivity index (χ3n) is 5.52. The SMILES string of the molecule is COC(=O)Cn1c(=NC(=O)c2ccc(S(=O)(=O)N(C)C(C)C)cc2)sc2cc(C)c(C)cc21. The zero-order valence-electron chi connectivity index (χ0n) is 19.4. The van der Waals surface area contributed by atoms with Crippen molar-refractivity contribution >= 4 is 43.5 Å². The van der Waals surface area contributed by atoms with Gasteiger partial charge in [0.05, 0.1) is 22.2 Å². The molecule has 10 heteroatoms. The summed E-state index contributed by atoms with van der Waals surface area (Å²) in [5, 5.41) is 0. The van der Waals surface area contributed by atoms with Crippen LogP contribution in [-0.4, -0.2) is 49.4 Å². The van der Waals surface area contributed by atoms with Crippen LogP contribution in [0.3, 0.4) is 0 Å². The molecule has 0 aliphatic rings. The first-order chi connectivity index (χ1) is 15.4. The van der Waals surface area contributed by atoms with E-state index < -0.39 is 21.9 Å². The Hall–Kier alpha value is -2.82. The number of thiazole rings is 1. The van der Waals surface area contributed by atoms with E-state index in [1.807, 2.05) is 26.0 Å². The van der Waals surface area contributed by atoms with Crippen LogP contribution >= 0.6 is 11.3 Å². The van der Waals surface area contributed by atoms with Crippen LogP contribution in [0.15, 0.2) is 46.3 Å². The van der Waals surface area contributed by atoms with Crippen LogP contribution < -0.4 is 4.80 Å². The molecule has 0 saturated heterocycles. The van der Waals surface area contributed by atoms with Gasteiger partial charge >= 0.3 is 5.97 Å². The lowest BCUT2D eigenvalue weighted by atomic mass is 10.1. The molecule has 176 valence electrons. The predicted octanol–water partition coefficient (Wildman–Crippen LogP) is 3.26. The fraction of sp³-hybridized carbons (Fsp3) is 0.348. The average molecular weight is 490 g/mol. The predicted molar refractivity (Wildman–Crippen MR) is 128 cm³/mol. The zero-order valence-corrected chi connectivity index (χ0v) is 21.1. The zero-order chi connectivity index (χ0) is 24.5. The number of hydrogen-bond acceptors (Lipinski definition) is 6. The standard InChI is InChI=1S/C23H27N3O5S2/c1-14(2)25(5)33(29,30)18-9-7-17(8-10-18)22(28)24-23-26(13-21(27)31-6)19-11-15(3)16(4)12-20(19)32-23/h7-12,14H,13H2,1-6H3. The Kier molecular flexibility index (Phi) is 7.20. The van der Waals surface area contributed by atoms with E-state index in [0.717, 1.165) is 21.3 Å². The van der Waals surface area contributed by atoms with Gasteiger partial charge in [-0.1, -0.05) is 11.3 Å². The summed E-state index contributed by atoms with van der Waals surface area (Å²) in [5.41, 5.74) is 3.18. The minimum atomic E-state index is -3.65. The van der Waals surface area contributed by atoms with Gasteiger partial charge in [-0.05, 0) is 75.2 Å². The van der Waals surface area contributed by atoms with Gasteiger partial charge in [0.1, 0.15) is 6.54 Å². The van der Waals surface area contributed by atoms with Crippen LogP contribution in [0.25, 0.3) is 10.2 Å². The van der Waals surface area contributed by atoms with Gasteiger partial charge in [0, 0.05) is 18.7 Å². The monoisotopic (exact) mass is 489 g/mol. The van der Waals surface area contributed by atoms with Gasteiger partial charge in [-0.15, -0.1) is 0 Å². The fourth-order valence-electron chi connectivity index (χ4n) is 3.12. The third kappa shape index (κ3) is 5.07. The highest BCUT2D eigenvalue weighted by atomic mass is 32.2. The van der Waals surface area contributed by atoms with Crippen molar-refractivity contribution < 1.29 is 22.7 Å². The highest BCUT2D eigenvalue weighted by Gasteiger charge is 2.23. The van der Waals surface area contributed by atoms with E-state index in [1.165, 1.54) is 54.1 Å². The molecule has 0 bridgehead atoms. The van der Waals surface area contributed by atoms with Crippen LogP contribution in [0, 0.1) is 13.8 Å². The lowest BCUT2D eigenvalue weighted by Gasteiger charge is -2.20. The number of carbonyl (C=O) groups excluding carboxylic acids is 2. The van der Waals surface area contributed by atoms with Crippen molar-refractivity contribution in [2.24, 2.45) is 4.99 Å². The summed E-state index contributed by atoms with van der Waals surface area (Å²) >= 11 is 1.30. The van der Waals surface area contributed by atoms with Gasteiger partial charge in [-0.3, -0.25) is 9.59 Å². The molecule has 3 aromatic rings. The maximum Gasteiger partial charge on any atom is 0.325 e. The van der Waals surface area contributed by atoms with E-state index in [4.69, 9.17) is 4.74 Å². The molecule has 1 aromatic heterocycles. The van der Waals surface area contributed by atoms with Crippen LogP contribution in [0.2, 0.25) is 0 Å². The number of benzene rings is 2. The van der Waals surface area contributed by atoms with Crippen molar-refractivity contribution in [1.29, 1.82) is 0 Å². The molecule has 0 unspecified atom stereocenters. The molecule has 0 atom stereocenters. The van der Waals surface area contributed by atoms with Crippen molar-refractivity contribution in [1.82, 2.24) is 8.87 Å². The van der Waals surface area contributed by atoms with E-state index >= 15 is 0 Å². The van der Waals surface area contributed by atoms with Crippen molar-refractivity contribution in [2.45, 2.75) is 45.2 Å². The van der Waals surface area contributed by atoms with Gasteiger partial charge in [0.25, 0.3) is 5.91 Å². The van der Waals surface area contributed by atoms with Gasteiger partial charge in [0.2, 0.25) is 10.0 Å². The minimum Gasteiger partial charge on any atom is -0.468 e. The molecule has 0 saturated carbocycles. The lowest BCUT2D eigenvalue weighted by molar-refractivity contribution is -0.141. The Bertz CT molecular complexity index is 1380. The largest absolute Gasteiger partial charge is 0.468 e. The van der Waals surface area contributed by atoms with Crippen LogP contribution in [0.4, 0.5) is 0 Å². The fourth-order valence-corrected chi connectivity index (χ4v) is 5.59. The summed E-state index contributed by atoms with van der Waals surface area (Å²) < 4.78 is 33.9. The molecule has 0 spiro atoms. The molecule has 1 amide bonds. The molecular weight excluding hydrogens is 462 g/mol. The maximum atomic E-state index is 12.9. The minimum absolute atomic E-state index is 0.0795. The number of nitrogens with zero attached hydrogens (tertiary/aromatic N) is 3. The number of methoxy groups -OCH3 is 1. The molecule has 33 heavy (non-hydrogen) atoms. The van der Waals surface area contributed by atoms with Crippen LogP contribution in [0.1, 0.15) is 35.3 Å². The Morgan fingerprint density at radius 2 is 1.73 bits per heavy atom. The lowest BCUT2D eigenvalue weighted by Crippen LogP contribution is -2.33. The second-order valence-electron chi connectivity index (χ2n) is 8.01. The number of aromatic nitrogens is 1. The second-order valence-corrected chi connectivity index (χ2v) is 11.0. The van der Waals surface area contributed by atoms with Gasteiger partial charge < -0.3 is 9.30 Å². The Morgan fingerprint density at radius 3 is 2.30 bits per heavy atom. The van der Waals surface area contributed by atoms with E-state index in [9.17, 15) is 18.0 Å². The molecule has 0 aliphatic carbocycles. The highest BCUT2D eigenvalue weighted by Crippen LogP contribution is 2.22. The first-order valence-electron chi connectivity index (χ1n) is 10.3. The topological polar surface area (TPSA) is 98.0 Å². The normalized spacial score (nSPS) is 12.7. The van der Waals surface area contributed by atoms with E-state index in [1.54, 1.807) is 18.4 Å². The maximum absolute atomic E-state index is 12.9. The first-order valence-corrected chi connectivity index (χ1v) is 12.6. The smallest absolute Gasteiger partial charge is 0.325 e. The van der Waals surface area contributed by atoms with Crippen LogP contribution in [-0.2, 0) is 26.1 Å². The number of rotatable bonds is 6. The first kappa shape index (κ1) is 24.8. The summed E-state index contributed by atoms with van der Waals surface area (Å²) in [6, 6.07) is 9.44. The second kappa shape index (κ2) is 9.58. The molecule has 1 heterocycles. The van der Waals surface area contributed by atoms with Gasteiger partial charge in [-0.2, -0.15) is 9.30 Å². The molecule has 0 N–H and O–H groups in total.